The summed E-state index contributed by atoms with van der Waals surface area (Å²) in [4.78, 5) is 21.8. The molecule has 2 rings (SSSR count). The monoisotopic (exact) mass is 362 g/mol. The van der Waals surface area contributed by atoms with Crippen LogP contribution < -0.4 is 9.83 Å². The number of sulfonamides is 1. The molecule has 0 unspecified atom stereocenters. The van der Waals surface area contributed by atoms with Crippen molar-refractivity contribution < 1.29 is 27.9 Å². The van der Waals surface area contributed by atoms with Gasteiger partial charge in [0.15, 0.2) is 0 Å². The van der Waals surface area contributed by atoms with Crippen molar-refractivity contribution in [3.63, 3.8) is 0 Å². The lowest BCUT2D eigenvalue weighted by Crippen LogP contribution is -2.22. The van der Waals surface area contributed by atoms with Gasteiger partial charge in [0.05, 0.1) is 17.6 Å². The van der Waals surface area contributed by atoms with Gasteiger partial charge in [0.2, 0.25) is 0 Å². The standard InChI is InChI=1S/C17H17NO6S/c1-24-17(21)13-5-7-14(8-6-13)18-25(22,23)15-9-2-12(3-10-15)4-11-16(19)20/h2-3,5-10,18H,4,11H2,1H3,(H,19,20)/p-1. The quantitative estimate of drug-likeness (QED) is 0.734. The first kappa shape index (κ1) is 18.5. The van der Waals surface area contributed by atoms with Gasteiger partial charge in [-0.25, -0.2) is 13.2 Å². The maximum atomic E-state index is 12.3. The van der Waals surface area contributed by atoms with Crippen molar-refractivity contribution in [3.05, 3.63) is 59.7 Å². The number of anilines is 1. The molecule has 1 N–H and O–H groups in total. The summed E-state index contributed by atoms with van der Waals surface area (Å²) in [5, 5.41) is 10.4. The molecule has 0 aliphatic heterocycles. The Morgan fingerprint density at radius 1 is 1.04 bits per heavy atom. The molecule has 0 amide bonds. The van der Waals surface area contributed by atoms with Crippen molar-refractivity contribution in [3.8, 4) is 0 Å². The van der Waals surface area contributed by atoms with E-state index in [1.54, 1.807) is 12.1 Å². The normalized spacial score (nSPS) is 10.9. The number of aliphatic carboxylic acids is 1. The summed E-state index contributed by atoms with van der Waals surface area (Å²) in [7, 11) is -2.54. The topological polar surface area (TPSA) is 113 Å². The molecule has 0 fully saturated rings. The van der Waals surface area contributed by atoms with E-state index in [0.29, 0.717) is 16.8 Å². The number of carboxylic acids is 1. The highest BCUT2D eigenvalue weighted by Gasteiger charge is 2.14. The van der Waals surface area contributed by atoms with Gasteiger partial charge in [0.25, 0.3) is 10.0 Å². The second-order valence-electron chi connectivity index (χ2n) is 5.19. The number of nitrogens with one attached hydrogen (secondary N) is 1. The lowest BCUT2D eigenvalue weighted by Gasteiger charge is -2.09. The van der Waals surface area contributed by atoms with Gasteiger partial charge in [-0.2, -0.15) is 0 Å². The van der Waals surface area contributed by atoms with E-state index in [0.717, 1.165) is 0 Å². The fraction of sp³-hybridized carbons (Fsp3) is 0.176. The molecule has 0 saturated heterocycles. The minimum absolute atomic E-state index is 0.0433. The summed E-state index contributed by atoms with van der Waals surface area (Å²) < 4.78 is 31.7. The number of hydrogen-bond donors (Lipinski definition) is 1. The number of hydrogen-bond acceptors (Lipinski definition) is 6. The molecule has 7 nitrogen and oxygen atoms in total. The van der Waals surface area contributed by atoms with Gasteiger partial charge >= 0.3 is 5.97 Å². The molecule has 0 heterocycles. The molecule has 0 radical (unpaired) electrons. The van der Waals surface area contributed by atoms with Crippen LogP contribution in [0.2, 0.25) is 0 Å². The van der Waals surface area contributed by atoms with E-state index in [2.05, 4.69) is 9.46 Å². The molecule has 0 aliphatic carbocycles. The molecule has 0 spiro atoms. The molecular formula is C17H16NO6S-. The van der Waals surface area contributed by atoms with Crippen molar-refractivity contribution in [2.24, 2.45) is 0 Å². The predicted molar refractivity (Wildman–Crippen MR) is 88.4 cm³/mol. The van der Waals surface area contributed by atoms with Crippen LogP contribution >= 0.6 is 0 Å². The van der Waals surface area contributed by atoms with Crippen LogP contribution in [-0.2, 0) is 26.0 Å². The zero-order valence-electron chi connectivity index (χ0n) is 13.4. The zero-order chi connectivity index (χ0) is 18.4. The Hall–Kier alpha value is -2.87. The third-order valence-corrected chi connectivity index (χ3v) is 4.81. The Morgan fingerprint density at radius 3 is 2.16 bits per heavy atom. The van der Waals surface area contributed by atoms with Crippen LogP contribution in [0.4, 0.5) is 5.69 Å². The number of carbonyl (C=O) groups excluding carboxylic acids is 2. The van der Waals surface area contributed by atoms with Gasteiger partial charge in [-0.1, -0.05) is 12.1 Å². The van der Waals surface area contributed by atoms with Crippen LogP contribution in [0.5, 0.6) is 0 Å². The first-order valence-electron chi connectivity index (χ1n) is 7.32. The first-order valence-corrected chi connectivity index (χ1v) is 8.80. The van der Waals surface area contributed by atoms with E-state index < -0.39 is 22.0 Å². The van der Waals surface area contributed by atoms with Gasteiger partial charge < -0.3 is 14.6 Å². The number of ether oxygens (including phenoxy) is 1. The highest BCUT2D eigenvalue weighted by Crippen LogP contribution is 2.18. The Labute approximate surface area is 145 Å². The lowest BCUT2D eigenvalue weighted by molar-refractivity contribution is -0.305. The average molecular weight is 362 g/mol. The van der Waals surface area contributed by atoms with Crippen molar-refractivity contribution in [2.45, 2.75) is 17.7 Å². The van der Waals surface area contributed by atoms with Crippen molar-refractivity contribution in [1.29, 1.82) is 0 Å². The maximum absolute atomic E-state index is 12.3. The fourth-order valence-corrected chi connectivity index (χ4v) is 3.15. The first-order chi connectivity index (χ1) is 11.8. The van der Waals surface area contributed by atoms with Crippen LogP contribution in [0.1, 0.15) is 22.3 Å². The summed E-state index contributed by atoms with van der Waals surface area (Å²) in [6, 6.07) is 11.7. The number of benzene rings is 2. The summed E-state index contributed by atoms with van der Waals surface area (Å²) in [6.07, 6.45) is 0.141. The fourth-order valence-electron chi connectivity index (χ4n) is 2.09. The number of rotatable bonds is 7. The smallest absolute Gasteiger partial charge is 0.337 e. The third kappa shape index (κ3) is 5.05. The van der Waals surface area contributed by atoms with Crippen molar-refractivity contribution in [1.82, 2.24) is 0 Å². The van der Waals surface area contributed by atoms with E-state index in [4.69, 9.17) is 0 Å². The van der Waals surface area contributed by atoms with E-state index >= 15 is 0 Å². The Balaban J connectivity index is 2.10. The van der Waals surface area contributed by atoms with Gasteiger partial charge in [-0.05, 0) is 54.8 Å². The summed E-state index contributed by atoms with van der Waals surface area (Å²) in [5.74, 6) is -1.67. The van der Waals surface area contributed by atoms with Gasteiger partial charge in [0.1, 0.15) is 0 Å². The molecule has 2 aromatic carbocycles. The van der Waals surface area contributed by atoms with Crippen LogP contribution in [0.3, 0.4) is 0 Å². The number of carbonyl (C=O) groups is 2. The molecule has 2 aromatic rings. The van der Waals surface area contributed by atoms with Gasteiger partial charge in [0, 0.05) is 11.7 Å². The SMILES string of the molecule is COC(=O)c1ccc(NS(=O)(=O)c2ccc(CCC(=O)[O-])cc2)cc1. The Morgan fingerprint density at radius 2 is 1.64 bits per heavy atom. The highest BCUT2D eigenvalue weighted by atomic mass is 32.2. The second kappa shape index (κ2) is 7.80. The molecule has 0 aromatic heterocycles. The van der Waals surface area contributed by atoms with Crippen molar-refractivity contribution in [2.75, 3.05) is 11.8 Å². The van der Waals surface area contributed by atoms with Gasteiger partial charge in [-0.15, -0.1) is 0 Å². The predicted octanol–water partition coefficient (Wildman–Crippen LogP) is 0.956. The van der Waals surface area contributed by atoms with Crippen LogP contribution in [0.25, 0.3) is 0 Å². The van der Waals surface area contributed by atoms with Crippen molar-refractivity contribution >= 4 is 27.6 Å². The summed E-state index contributed by atoms with van der Waals surface area (Å²) in [5.41, 5.74) is 1.31. The van der Waals surface area contributed by atoms with E-state index in [1.807, 2.05) is 0 Å². The highest BCUT2D eigenvalue weighted by molar-refractivity contribution is 7.92. The average Bonchev–Trinajstić information content (AvgIpc) is 2.60. The van der Waals surface area contributed by atoms with E-state index in [9.17, 15) is 23.1 Å². The number of methoxy groups -OCH3 is 1. The molecular weight excluding hydrogens is 346 g/mol. The second-order valence-corrected chi connectivity index (χ2v) is 6.87. The third-order valence-electron chi connectivity index (χ3n) is 3.41. The number of aryl methyl sites for hydroxylation is 1. The van der Waals surface area contributed by atoms with E-state index in [-0.39, 0.29) is 17.7 Å². The number of carboxylic acid groups (broad SMARTS) is 1. The minimum Gasteiger partial charge on any atom is -0.550 e. The Kier molecular flexibility index (Phi) is 5.76. The molecule has 8 heteroatoms. The lowest BCUT2D eigenvalue weighted by atomic mass is 10.1. The molecule has 0 saturated carbocycles. The van der Waals surface area contributed by atoms with Gasteiger partial charge in [-0.3, -0.25) is 4.72 Å². The summed E-state index contributed by atoms with van der Waals surface area (Å²) >= 11 is 0. The Bertz CT molecular complexity index is 857. The summed E-state index contributed by atoms with van der Waals surface area (Å²) in [6.45, 7) is 0. The zero-order valence-corrected chi connectivity index (χ0v) is 14.2. The molecule has 132 valence electrons. The number of esters is 1. The van der Waals surface area contributed by atoms with Crippen LogP contribution in [-0.4, -0.2) is 27.5 Å². The van der Waals surface area contributed by atoms with E-state index in [1.165, 1.54) is 43.5 Å². The van der Waals surface area contributed by atoms with Crippen LogP contribution in [0, 0.1) is 0 Å². The molecule has 0 bridgehead atoms. The van der Waals surface area contributed by atoms with Crippen LogP contribution in [0.15, 0.2) is 53.4 Å². The molecule has 25 heavy (non-hydrogen) atoms. The molecule has 0 atom stereocenters. The molecule has 0 aliphatic rings. The minimum atomic E-state index is -3.79. The largest absolute Gasteiger partial charge is 0.550 e. The maximum Gasteiger partial charge on any atom is 0.337 e.